The monoisotopic (exact) mass is 388 g/mol. The molecule has 2 aromatic carbocycles. The highest BCUT2D eigenvalue weighted by Gasteiger charge is 2.27. The predicted molar refractivity (Wildman–Crippen MR) is 97.3 cm³/mol. The topological polar surface area (TPSA) is 90.5 Å². The second-order valence-corrected chi connectivity index (χ2v) is 6.41. The van der Waals surface area contributed by atoms with Crippen LogP contribution in [0.3, 0.4) is 0 Å². The van der Waals surface area contributed by atoms with Gasteiger partial charge in [-0.25, -0.2) is 4.39 Å². The molecule has 0 radical (unpaired) electrons. The minimum Gasteiger partial charge on any atom is -0.362 e. The van der Waals surface area contributed by atoms with Crippen molar-refractivity contribution in [3.63, 3.8) is 0 Å². The van der Waals surface area contributed by atoms with E-state index in [2.05, 4.69) is 0 Å². The molecule has 3 rings (SSSR count). The van der Waals surface area contributed by atoms with Crippen molar-refractivity contribution in [2.24, 2.45) is 0 Å². The molecule has 27 heavy (non-hydrogen) atoms. The van der Waals surface area contributed by atoms with Gasteiger partial charge in [0.2, 0.25) is 0 Å². The zero-order chi connectivity index (χ0) is 19.6. The minimum atomic E-state index is -0.741. The van der Waals surface area contributed by atoms with Gasteiger partial charge in [0.15, 0.2) is 0 Å². The van der Waals surface area contributed by atoms with Crippen LogP contribution in [-0.2, 0) is 0 Å². The molecule has 1 aliphatic rings. The lowest BCUT2D eigenvalue weighted by molar-refractivity contribution is -0.384. The molecule has 0 saturated carbocycles. The molecule has 0 aromatic heterocycles. The minimum absolute atomic E-state index is 0.0968. The zero-order valence-electron chi connectivity index (χ0n) is 14.1. The van der Waals surface area contributed by atoms with Gasteiger partial charge in [-0.1, -0.05) is 11.6 Å². The smallest absolute Gasteiger partial charge is 0.294 e. The van der Waals surface area contributed by atoms with Crippen molar-refractivity contribution in [2.75, 3.05) is 31.1 Å². The van der Waals surface area contributed by atoms with E-state index in [1.54, 1.807) is 17.0 Å². The standard InChI is InChI=1S/C18H14ClFN4O3/c19-13-2-4-16(17(10-13)24(26)27)22-5-7-23(8-6-22)18(25)14-3-1-12(11-21)9-15(14)20/h1-4,9-10H,5-8H2. The largest absolute Gasteiger partial charge is 0.362 e. The summed E-state index contributed by atoms with van der Waals surface area (Å²) >= 11 is 5.84. The fraction of sp³-hybridized carbons (Fsp3) is 0.222. The van der Waals surface area contributed by atoms with Crippen molar-refractivity contribution in [1.29, 1.82) is 5.26 Å². The summed E-state index contributed by atoms with van der Waals surface area (Å²) in [5, 5.41) is 20.3. The maximum absolute atomic E-state index is 14.1. The molecule has 0 bridgehead atoms. The van der Waals surface area contributed by atoms with Gasteiger partial charge in [-0.15, -0.1) is 0 Å². The Hall–Kier alpha value is -3.18. The van der Waals surface area contributed by atoms with Crippen LogP contribution in [0.25, 0.3) is 0 Å². The SMILES string of the molecule is N#Cc1ccc(C(=O)N2CCN(c3ccc(Cl)cc3[N+](=O)[O-])CC2)c(F)c1. The van der Waals surface area contributed by atoms with Crippen LogP contribution in [0.1, 0.15) is 15.9 Å². The Labute approximate surface area is 159 Å². The molecule has 1 fully saturated rings. The number of hydrogen-bond acceptors (Lipinski definition) is 5. The first kappa shape index (κ1) is 18.6. The molecule has 1 aliphatic heterocycles. The molecule has 1 heterocycles. The number of nitro benzene ring substituents is 1. The van der Waals surface area contributed by atoms with Crippen molar-refractivity contribution in [3.05, 3.63) is 68.5 Å². The Balaban J connectivity index is 1.74. The van der Waals surface area contributed by atoms with E-state index in [-0.39, 0.29) is 34.9 Å². The molecule has 0 aliphatic carbocycles. The molecule has 1 saturated heterocycles. The molecule has 7 nitrogen and oxygen atoms in total. The van der Waals surface area contributed by atoms with E-state index in [0.717, 1.165) is 6.07 Å². The summed E-state index contributed by atoms with van der Waals surface area (Å²) in [4.78, 5) is 26.6. The first-order valence-electron chi connectivity index (χ1n) is 8.08. The fourth-order valence-electron chi connectivity index (χ4n) is 2.99. The van der Waals surface area contributed by atoms with Crippen molar-refractivity contribution in [3.8, 4) is 6.07 Å². The van der Waals surface area contributed by atoms with E-state index in [0.29, 0.717) is 18.8 Å². The lowest BCUT2D eigenvalue weighted by Gasteiger charge is -2.35. The number of hydrogen-bond donors (Lipinski definition) is 0. The molecule has 0 unspecified atom stereocenters. The van der Waals surface area contributed by atoms with Gasteiger partial charge in [-0.2, -0.15) is 5.26 Å². The molecule has 0 atom stereocenters. The lowest BCUT2D eigenvalue weighted by atomic mass is 10.1. The van der Waals surface area contributed by atoms with Crippen LogP contribution in [0.15, 0.2) is 36.4 Å². The Morgan fingerprint density at radius 1 is 1.19 bits per heavy atom. The van der Waals surface area contributed by atoms with Gasteiger partial charge in [0.1, 0.15) is 11.5 Å². The number of carbonyl (C=O) groups excluding carboxylic acids is 1. The van der Waals surface area contributed by atoms with E-state index < -0.39 is 16.6 Å². The van der Waals surface area contributed by atoms with Crippen molar-refractivity contribution in [2.45, 2.75) is 0 Å². The number of nitriles is 1. The van der Waals surface area contributed by atoms with Crippen LogP contribution >= 0.6 is 11.6 Å². The highest BCUT2D eigenvalue weighted by Crippen LogP contribution is 2.31. The molecule has 1 amide bonds. The summed E-state index contributed by atoms with van der Waals surface area (Å²) in [7, 11) is 0. The number of halogens is 2. The number of anilines is 1. The van der Waals surface area contributed by atoms with Crippen LogP contribution in [0.5, 0.6) is 0 Å². The van der Waals surface area contributed by atoms with E-state index in [1.165, 1.54) is 23.1 Å². The third kappa shape index (κ3) is 3.83. The van der Waals surface area contributed by atoms with Gasteiger partial charge < -0.3 is 9.80 Å². The van der Waals surface area contributed by atoms with E-state index in [9.17, 15) is 19.3 Å². The number of nitro groups is 1. The van der Waals surface area contributed by atoms with Crippen LogP contribution in [0.4, 0.5) is 15.8 Å². The van der Waals surface area contributed by atoms with Crippen molar-refractivity contribution < 1.29 is 14.1 Å². The highest BCUT2D eigenvalue weighted by atomic mass is 35.5. The lowest BCUT2D eigenvalue weighted by Crippen LogP contribution is -2.49. The first-order valence-corrected chi connectivity index (χ1v) is 8.46. The molecule has 0 spiro atoms. The average Bonchev–Trinajstić information content (AvgIpc) is 2.67. The molecular weight excluding hydrogens is 375 g/mol. The second-order valence-electron chi connectivity index (χ2n) is 5.98. The zero-order valence-corrected chi connectivity index (χ0v) is 14.8. The summed E-state index contributed by atoms with van der Waals surface area (Å²) in [6.07, 6.45) is 0. The Bertz CT molecular complexity index is 952. The van der Waals surface area contributed by atoms with Crippen LogP contribution in [0, 0.1) is 27.3 Å². The number of amides is 1. The van der Waals surface area contributed by atoms with Gasteiger partial charge in [-0.05, 0) is 30.3 Å². The molecule has 138 valence electrons. The van der Waals surface area contributed by atoms with Crippen LogP contribution in [0.2, 0.25) is 5.02 Å². The average molecular weight is 389 g/mol. The van der Waals surface area contributed by atoms with Crippen molar-refractivity contribution in [1.82, 2.24) is 4.90 Å². The summed E-state index contributed by atoms with van der Waals surface area (Å²) in [6.45, 7) is 1.31. The number of rotatable bonds is 3. The predicted octanol–water partition coefficient (Wildman–Crippen LogP) is 3.22. The van der Waals surface area contributed by atoms with Gasteiger partial charge in [-0.3, -0.25) is 14.9 Å². The van der Waals surface area contributed by atoms with E-state index in [1.807, 2.05) is 6.07 Å². The quantitative estimate of drug-likeness (QED) is 0.594. The van der Waals surface area contributed by atoms with E-state index >= 15 is 0 Å². The Morgan fingerprint density at radius 3 is 2.48 bits per heavy atom. The summed E-state index contributed by atoms with van der Waals surface area (Å²) in [5.41, 5.74) is 0.380. The molecule has 2 aromatic rings. The normalized spacial score (nSPS) is 14.0. The van der Waals surface area contributed by atoms with Crippen molar-refractivity contribution >= 4 is 28.9 Å². The third-order valence-corrected chi connectivity index (χ3v) is 4.61. The highest BCUT2D eigenvalue weighted by molar-refractivity contribution is 6.30. The first-order chi connectivity index (χ1) is 12.9. The number of nitrogens with zero attached hydrogens (tertiary/aromatic N) is 4. The maximum Gasteiger partial charge on any atom is 0.294 e. The Kier molecular flexibility index (Phi) is 5.23. The molecule has 9 heteroatoms. The van der Waals surface area contributed by atoms with Gasteiger partial charge >= 0.3 is 0 Å². The third-order valence-electron chi connectivity index (χ3n) is 4.37. The molecule has 0 N–H and O–H groups in total. The van der Waals surface area contributed by atoms with Crippen LogP contribution in [-0.4, -0.2) is 41.9 Å². The number of carbonyl (C=O) groups is 1. The second kappa shape index (κ2) is 7.60. The molecular formula is C18H14ClFN4O3. The summed E-state index contributed by atoms with van der Waals surface area (Å²) in [6, 6.07) is 9.99. The fourth-order valence-corrected chi connectivity index (χ4v) is 3.16. The summed E-state index contributed by atoms with van der Waals surface area (Å²) < 4.78 is 14.1. The van der Waals surface area contributed by atoms with E-state index in [4.69, 9.17) is 16.9 Å². The Morgan fingerprint density at radius 2 is 1.89 bits per heavy atom. The van der Waals surface area contributed by atoms with Crippen LogP contribution < -0.4 is 4.90 Å². The van der Waals surface area contributed by atoms with Gasteiger partial charge in [0, 0.05) is 37.3 Å². The summed E-state index contributed by atoms with van der Waals surface area (Å²) in [5.74, 6) is -1.21. The number of piperazine rings is 1. The maximum atomic E-state index is 14.1. The number of benzene rings is 2. The van der Waals surface area contributed by atoms with Gasteiger partial charge in [0.25, 0.3) is 11.6 Å². The van der Waals surface area contributed by atoms with Gasteiger partial charge in [0.05, 0.1) is 22.1 Å².